The summed E-state index contributed by atoms with van der Waals surface area (Å²) in [4.78, 5) is 20.7. The lowest BCUT2D eigenvalue weighted by atomic mass is 9.94. The summed E-state index contributed by atoms with van der Waals surface area (Å²) in [5, 5.41) is 8.06. The van der Waals surface area contributed by atoms with Crippen LogP contribution in [0, 0.1) is 0 Å². The van der Waals surface area contributed by atoms with Gasteiger partial charge in [-0.2, -0.15) is 0 Å². The zero-order valence-corrected chi connectivity index (χ0v) is 31.7. The summed E-state index contributed by atoms with van der Waals surface area (Å²) in [6.45, 7) is 0. The number of hydrogen-bond acceptors (Lipinski definition) is 6. The van der Waals surface area contributed by atoms with Gasteiger partial charge < -0.3 is 4.42 Å². The Bertz CT molecular complexity index is 3570. The maximum Gasteiger partial charge on any atom is 0.164 e. The number of fused-ring (bicyclic) bond motifs is 10. The van der Waals surface area contributed by atoms with E-state index in [-0.39, 0.29) is 0 Å². The first kappa shape index (κ1) is 32.7. The molecule has 0 aliphatic heterocycles. The van der Waals surface area contributed by atoms with Gasteiger partial charge in [-0.05, 0) is 53.6 Å². The van der Waals surface area contributed by atoms with Gasteiger partial charge in [0.25, 0.3) is 0 Å². The van der Waals surface area contributed by atoms with E-state index in [4.69, 9.17) is 24.4 Å². The number of furan rings is 1. The third-order valence-electron chi connectivity index (χ3n) is 11.1. The quantitative estimate of drug-likeness (QED) is 0.164. The van der Waals surface area contributed by atoms with E-state index in [1.54, 1.807) is 0 Å². The maximum atomic E-state index is 6.26. The Balaban J connectivity index is 1.06. The molecular weight excluding hydrogens is 729 g/mol. The van der Waals surface area contributed by atoms with Crippen molar-refractivity contribution in [2.24, 2.45) is 0 Å². The van der Waals surface area contributed by atoms with Gasteiger partial charge in [0.15, 0.2) is 17.5 Å². The molecule has 4 aromatic heterocycles. The molecule has 12 rings (SSSR count). The topological polar surface area (TPSA) is 64.7 Å². The van der Waals surface area contributed by atoms with Crippen LogP contribution >= 0.6 is 11.3 Å². The van der Waals surface area contributed by atoms with Gasteiger partial charge in [0, 0.05) is 69.4 Å². The third kappa shape index (κ3) is 5.23. The summed E-state index contributed by atoms with van der Waals surface area (Å²) in [6.07, 6.45) is 0. The molecule has 0 fully saturated rings. The van der Waals surface area contributed by atoms with Crippen LogP contribution in [0.3, 0.4) is 0 Å². The first-order valence-corrected chi connectivity index (χ1v) is 20.1. The molecule has 8 aromatic carbocycles. The molecule has 5 nitrogen and oxygen atoms in total. The average Bonchev–Trinajstić information content (AvgIpc) is 3.88. The fourth-order valence-electron chi connectivity index (χ4n) is 8.44. The van der Waals surface area contributed by atoms with Crippen molar-refractivity contribution in [1.29, 1.82) is 0 Å². The molecule has 0 bridgehead atoms. The van der Waals surface area contributed by atoms with Crippen LogP contribution in [-0.4, -0.2) is 19.9 Å². The standard InChI is InChI=1S/C52H30N4OS/c1-3-13-31(14-4-1)49-38-26-28-45-48(37-20-8-10-24-44(37)58-45)47(38)40-30-34(25-27-41(40)53-49)33-17-11-18-35(29-33)51-54-50(32-15-5-2-6-16-32)55-52(56-51)39-21-12-23-43-46(39)36-19-7-9-22-42(36)57-43/h1-30H. The SMILES string of the molecule is c1ccc(-c2nc(-c3cccc(-c4ccc5nc(-c6ccccc6)c6ccc7sc8ccccc8c7c6c5c4)c3)nc(-c3cccc4oc5ccccc5c34)n2)cc1. The number of thiophene rings is 1. The summed E-state index contributed by atoms with van der Waals surface area (Å²) < 4.78 is 8.81. The second kappa shape index (κ2) is 13.0. The van der Waals surface area contributed by atoms with Crippen LogP contribution in [0.5, 0.6) is 0 Å². The molecular formula is C52H30N4OS. The summed E-state index contributed by atoms with van der Waals surface area (Å²) in [6, 6.07) is 63.2. The van der Waals surface area contributed by atoms with E-state index >= 15 is 0 Å². The van der Waals surface area contributed by atoms with Crippen molar-refractivity contribution in [1.82, 2.24) is 19.9 Å². The minimum atomic E-state index is 0.593. The first-order chi connectivity index (χ1) is 28.7. The van der Waals surface area contributed by atoms with Gasteiger partial charge in [-0.3, -0.25) is 0 Å². The molecule has 0 spiro atoms. The zero-order chi connectivity index (χ0) is 38.2. The fraction of sp³-hybridized carbons (Fsp3) is 0. The second-order valence-electron chi connectivity index (χ2n) is 14.5. The van der Waals surface area contributed by atoms with Gasteiger partial charge in [-0.25, -0.2) is 19.9 Å². The molecule has 0 radical (unpaired) electrons. The van der Waals surface area contributed by atoms with Crippen molar-refractivity contribution in [3.8, 4) is 56.5 Å². The van der Waals surface area contributed by atoms with Gasteiger partial charge in [0.05, 0.1) is 11.2 Å². The molecule has 0 N–H and O–H groups in total. The average molecular weight is 759 g/mol. The molecule has 58 heavy (non-hydrogen) atoms. The Morgan fingerprint density at radius 2 is 1.00 bits per heavy atom. The van der Waals surface area contributed by atoms with Crippen molar-refractivity contribution < 1.29 is 4.42 Å². The van der Waals surface area contributed by atoms with Crippen LogP contribution in [0.25, 0.3) is 120 Å². The Labute approximate surface area is 336 Å². The van der Waals surface area contributed by atoms with Crippen LogP contribution in [0.4, 0.5) is 0 Å². The number of pyridine rings is 1. The Hall–Kier alpha value is -7.54. The predicted molar refractivity (Wildman–Crippen MR) is 240 cm³/mol. The smallest absolute Gasteiger partial charge is 0.164 e. The number of aromatic nitrogens is 4. The largest absolute Gasteiger partial charge is 0.456 e. The molecule has 12 aromatic rings. The minimum Gasteiger partial charge on any atom is -0.456 e. The monoisotopic (exact) mass is 758 g/mol. The highest BCUT2D eigenvalue weighted by atomic mass is 32.1. The highest BCUT2D eigenvalue weighted by Gasteiger charge is 2.20. The number of nitrogens with zero attached hydrogens (tertiary/aromatic N) is 4. The molecule has 6 heteroatoms. The van der Waals surface area contributed by atoms with E-state index in [0.717, 1.165) is 77.3 Å². The molecule has 0 aliphatic carbocycles. The van der Waals surface area contributed by atoms with E-state index < -0.39 is 0 Å². The van der Waals surface area contributed by atoms with E-state index in [1.807, 2.05) is 72.0 Å². The van der Waals surface area contributed by atoms with Gasteiger partial charge in [0.2, 0.25) is 0 Å². The van der Waals surface area contributed by atoms with Crippen molar-refractivity contribution in [2.45, 2.75) is 0 Å². The first-order valence-electron chi connectivity index (χ1n) is 19.3. The van der Waals surface area contributed by atoms with Crippen LogP contribution in [-0.2, 0) is 0 Å². The molecule has 0 saturated heterocycles. The minimum absolute atomic E-state index is 0.593. The number of para-hydroxylation sites is 1. The molecule has 4 heterocycles. The molecule has 0 amide bonds. The van der Waals surface area contributed by atoms with Crippen LogP contribution in [0.15, 0.2) is 186 Å². The van der Waals surface area contributed by atoms with Gasteiger partial charge in [-0.15, -0.1) is 11.3 Å². The van der Waals surface area contributed by atoms with Crippen molar-refractivity contribution in [2.75, 3.05) is 0 Å². The van der Waals surface area contributed by atoms with E-state index in [0.29, 0.717) is 17.5 Å². The van der Waals surface area contributed by atoms with Crippen molar-refractivity contribution in [3.05, 3.63) is 182 Å². The number of rotatable bonds is 5. The highest BCUT2D eigenvalue weighted by molar-refractivity contribution is 7.26. The molecule has 0 saturated carbocycles. The van der Waals surface area contributed by atoms with E-state index in [9.17, 15) is 0 Å². The van der Waals surface area contributed by atoms with Crippen molar-refractivity contribution >= 4 is 75.1 Å². The summed E-state index contributed by atoms with van der Waals surface area (Å²) in [5.41, 5.74) is 9.56. The molecule has 270 valence electrons. The van der Waals surface area contributed by atoms with Gasteiger partial charge in [0.1, 0.15) is 11.2 Å². The third-order valence-corrected chi connectivity index (χ3v) is 12.2. The summed E-state index contributed by atoms with van der Waals surface area (Å²) >= 11 is 1.84. The van der Waals surface area contributed by atoms with E-state index in [2.05, 4.69) is 121 Å². The Morgan fingerprint density at radius 3 is 1.86 bits per heavy atom. The fourth-order valence-corrected chi connectivity index (χ4v) is 9.56. The van der Waals surface area contributed by atoms with Crippen LogP contribution in [0.1, 0.15) is 0 Å². The summed E-state index contributed by atoms with van der Waals surface area (Å²) in [5.74, 6) is 1.80. The highest BCUT2D eigenvalue weighted by Crippen LogP contribution is 2.44. The van der Waals surface area contributed by atoms with Crippen LogP contribution < -0.4 is 0 Å². The maximum absolute atomic E-state index is 6.26. The molecule has 0 atom stereocenters. The van der Waals surface area contributed by atoms with Crippen molar-refractivity contribution in [3.63, 3.8) is 0 Å². The lowest BCUT2D eigenvalue weighted by Gasteiger charge is -2.13. The Kier molecular flexibility index (Phi) is 7.33. The lowest BCUT2D eigenvalue weighted by molar-refractivity contribution is 0.669. The van der Waals surface area contributed by atoms with Gasteiger partial charge >= 0.3 is 0 Å². The zero-order valence-electron chi connectivity index (χ0n) is 30.9. The summed E-state index contributed by atoms with van der Waals surface area (Å²) in [7, 11) is 0. The number of hydrogen-bond donors (Lipinski definition) is 0. The normalized spacial score (nSPS) is 11.8. The molecule has 0 aliphatic rings. The second-order valence-corrected chi connectivity index (χ2v) is 15.6. The lowest BCUT2D eigenvalue weighted by Crippen LogP contribution is -2.00. The molecule has 0 unspecified atom stereocenters. The number of benzene rings is 8. The Morgan fingerprint density at radius 1 is 0.345 bits per heavy atom. The van der Waals surface area contributed by atoms with E-state index in [1.165, 1.54) is 25.6 Å². The predicted octanol–water partition coefficient (Wildman–Crippen LogP) is 14.2. The van der Waals surface area contributed by atoms with Crippen LogP contribution in [0.2, 0.25) is 0 Å². The van der Waals surface area contributed by atoms with Gasteiger partial charge in [-0.1, -0.05) is 140 Å².